The Morgan fingerprint density at radius 1 is 1.50 bits per heavy atom. The van der Waals surface area contributed by atoms with Crippen LogP contribution in [0, 0.1) is 5.92 Å². The van der Waals surface area contributed by atoms with Crippen molar-refractivity contribution in [3.63, 3.8) is 0 Å². The minimum absolute atomic E-state index is 0.0193. The first-order valence-electron chi connectivity index (χ1n) is 7.21. The first-order valence-corrected chi connectivity index (χ1v) is 8.82. The number of anilines is 1. The fourth-order valence-electron chi connectivity index (χ4n) is 2.42. The first-order chi connectivity index (χ1) is 10.3. The second kappa shape index (κ2) is 6.66. The normalized spacial score (nSPS) is 17.8. The Balaban J connectivity index is 1.88. The minimum atomic E-state index is -3.20. The molecule has 9 heteroatoms. The number of piperidine rings is 1. The fourth-order valence-corrected chi connectivity index (χ4v) is 4.24. The summed E-state index contributed by atoms with van der Waals surface area (Å²) in [5, 5.41) is 11.8. The molecule has 1 saturated heterocycles. The summed E-state index contributed by atoms with van der Waals surface area (Å²) in [6, 6.07) is 0.173. The van der Waals surface area contributed by atoms with E-state index in [0.29, 0.717) is 25.9 Å². The molecule has 2 N–H and O–H groups in total. The van der Waals surface area contributed by atoms with Crippen LogP contribution in [-0.4, -0.2) is 53.7 Å². The zero-order chi connectivity index (χ0) is 16.3. The highest BCUT2D eigenvalue weighted by molar-refractivity contribution is 7.89. The van der Waals surface area contributed by atoms with Gasteiger partial charge in [0, 0.05) is 19.1 Å². The maximum Gasteiger partial charge on any atom is 0.357 e. The maximum absolute atomic E-state index is 12.1. The molecule has 1 aliphatic rings. The average Bonchev–Trinajstić information content (AvgIpc) is 2.86. The van der Waals surface area contributed by atoms with Crippen molar-refractivity contribution in [1.82, 2.24) is 9.29 Å². The van der Waals surface area contributed by atoms with Gasteiger partial charge in [-0.2, -0.15) is 4.98 Å². The number of carbonyl (C=O) groups is 1. The van der Waals surface area contributed by atoms with E-state index in [-0.39, 0.29) is 29.4 Å². The van der Waals surface area contributed by atoms with Crippen LogP contribution in [0.25, 0.3) is 0 Å². The standard InChI is InChI=1S/C13H21N3O5S/c1-9(2)8-22(19,20)16-5-3-10(4-6-16)14-13-15-11(7-21-13)12(17)18/h7,9-10H,3-6,8H2,1-2H3,(H,14,15)(H,17,18). The summed E-state index contributed by atoms with van der Waals surface area (Å²) in [5.74, 6) is -0.888. The summed E-state index contributed by atoms with van der Waals surface area (Å²) in [6.45, 7) is 4.65. The first kappa shape index (κ1) is 16.8. The average molecular weight is 331 g/mol. The lowest BCUT2D eigenvalue weighted by Gasteiger charge is -2.31. The zero-order valence-electron chi connectivity index (χ0n) is 12.7. The van der Waals surface area contributed by atoms with E-state index < -0.39 is 16.0 Å². The summed E-state index contributed by atoms with van der Waals surface area (Å²) < 4.78 is 30.9. The van der Waals surface area contributed by atoms with Gasteiger partial charge in [-0.15, -0.1) is 0 Å². The molecule has 8 nitrogen and oxygen atoms in total. The fraction of sp³-hybridized carbons (Fsp3) is 0.692. The van der Waals surface area contributed by atoms with E-state index in [0.717, 1.165) is 6.26 Å². The molecule has 0 amide bonds. The smallest absolute Gasteiger partial charge is 0.357 e. The second-order valence-electron chi connectivity index (χ2n) is 5.83. The highest BCUT2D eigenvalue weighted by atomic mass is 32.2. The molecule has 22 heavy (non-hydrogen) atoms. The van der Waals surface area contributed by atoms with Gasteiger partial charge < -0.3 is 14.8 Å². The molecule has 1 aromatic heterocycles. The SMILES string of the molecule is CC(C)CS(=O)(=O)N1CCC(Nc2nc(C(=O)O)co2)CC1. The number of aromatic nitrogens is 1. The molecule has 1 fully saturated rings. The van der Waals surface area contributed by atoms with Crippen molar-refractivity contribution in [3.8, 4) is 0 Å². The molecule has 0 aromatic carbocycles. The van der Waals surface area contributed by atoms with Crippen LogP contribution in [0.5, 0.6) is 0 Å². The van der Waals surface area contributed by atoms with Gasteiger partial charge in [-0.1, -0.05) is 13.8 Å². The molecule has 0 spiro atoms. The van der Waals surface area contributed by atoms with Crippen molar-refractivity contribution >= 4 is 22.0 Å². The van der Waals surface area contributed by atoms with Crippen LogP contribution in [0.3, 0.4) is 0 Å². The molecule has 0 atom stereocenters. The van der Waals surface area contributed by atoms with E-state index in [1.807, 2.05) is 13.8 Å². The number of oxazole rings is 1. The molecule has 2 heterocycles. The van der Waals surface area contributed by atoms with Crippen LogP contribution >= 0.6 is 0 Å². The Bertz CT molecular complexity index is 617. The number of aromatic carboxylic acids is 1. The summed E-state index contributed by atoms with van der Waals surface area (Å²) >= 11 is 0. The molecule has 0 saturated carbocycles. The molecule has 0 aliphatic carbocycles. The van der Waals surface area contributed by atoms with E-state index in [1.54, 1.807) is 0 Å². The highest BCUT2D eigenvalue weighted by Crippen LogP contribution is 2.19. The van der Waals surface area contributed by atoms with Crippen molar-refractivity contribution in [2.45, 2.75) is 32.7 Å². The van der Waals surface area contributed by atoms with Crippen LogP contribution in [0.1, 0.15) is 37.2 Å². The number of carboxylic acids is 1. The third kappa shape index (κ3) is 4.20. The number of nitrogens with zero attached hydrogens (tertiary/aromatic N) is 2. The predicted molar refractivity (Wildman–Crippen MR) is 80.3 cm³/mol. The Morgan fingerprint density at radius 3 is 2.64 bits per heavy atom. The second-order valence-corrected chi connectivity index (χ2v) is 7.85. The van der Waals surface area contributed by atoms with Gasteiger partial charge in [-0.3, -0.25) is 0 Å². The van der Waals surface area contributed by atoms with Gasteiger partial charge in [0.15, 0.2) is 5.69 Å². The van der Waals surface area contributed by atoms with Gasteiger partial charge in [0.1, 0.15) is 6.26 Å². The van der Waals surface area contributed by atoms with Gasteiger partial charge >= 0.3 is 5.97 Å². The van der Waals surface area contributed by atoms with E-state index in [2.05, 4.69) is 10.3 Å². The number of nitrogens with one attached hydrogen (secondary N) is 1. The Labute approximate surface area is 129 Å². The van der Waals surface area contributed by atoms with E-state index >= 15 is 0 Å². The molecular weight excluding hydrogens is 310 g/mol. The third-order valence-electron chi connectivity index (χ3n) is 3.44. The van der Waals surface area contributed by atoms with Crippen LogP contribution in [0.4, 0.5) is 6.01 Å². The van der Waals surface area contributed by atoms with Crippen LogP contribution in [-0.2, 0) is 10.0 Å². The van der Waals surface area contributed by atoms with Crippen molar-refractivity contribution in [2.24, 2.45) is 5.92 Å². The molecular formula is C13H21N3O5S. The monoisotopic (exact) mass is 331 g/mol. The highest BCUT2D eigenvalue weighted by Gasteiger charge is 2.29. The maximum atomic E-state index is 12.1. The van der Waals surface area contributed by atoms with Gasteiger partial charge in [0.25, 0.3) is 6.01 Å². The zero-order valence-corrected chi connectivity index (χ0v) is 13.5. The molecule has 124 valence electrons. The quantitative estimate of drug-likeness (QED) is 0.806. The lowest BCUT2D eigenvalue weighted by atomic mass is 10.1. The summed E-state index contributed by atoms with van der Waals surface area (Å²) in [7, 11) is -3.20. The summed E-state index contributed by atoms with van der Waals surface area (Å²) in [6.07, 6.45) is 2.33. The minimum Gasteiger partial charge on any atom is -0.476 e. The summed E-state index contributed by atoms with van der Waals surface area (Å²) in [4.78, 5) is 14.5. The van der Waals surface area contributed by atoms with E-state index in [1.165, 1.54) is 4.31 Å². The van der Waals surface area contributed by atoms with Gasteiger partial charge in [-0.05, 0) is 18.8 Å². The number of rotatable bonds is 6. The van der Waals surface area contributed by atoms with Gasteiger partial charge in [0.05, 0.1) is 5.75 Å². The number of hydrogen-bond acceptors (Lipinski definition) is 6. The van der Waals surface area contributed by atoms with E-state index in [9.17, 15) is 13.2 Å². The molecule has 1 aliphatic heterocycles. The Morgan fingerprint density at radius 2 is 2.14 bits per heavy atom. The molecule has 0 radical (unpaired) electrons. The van der Waals surface area contributed by atoms with Crippen molar-refractivity contribution in [2.75, 3.05) is 24.2 Å². The molecule has 0 bridgehead atoms. The van der Waals surface area contributed by atoms with Crippen molar-refractivity contribution in [1.29, 1.82) is 0 Å². The molecule has 2 rings (SSSR count). The summed E-state index contributed by atoms with van der Waals surface area (Å²) in [5.41, 5.74) is -0.153. The van der Waals surface area contributed by atoms with Crippen LogP contribution in [0.15, 0.2) is 10.7 Å². The predicted octanol–water partition coefficient (Wildman–Crippen LogP) is 1.23. The Kier molecular flexibility index (Phi) is 5.07. The Hall–Kier alpha value is -1.61. The number of hydrogen-bond donors (Lipinski definition) is 2. The van der Waals surface area contributed by atoms with Crippen molar-refractivity contribution < 1.29 is 22.7 Å². The van der Waals surface area contributed by atoms with E-state index in [4.69, 9.17) is 9.52 Å². The topological polar surface area (TPSA) is 113 Å². The van der Waals surface area contributed by atoms with Crippen LogP contribution in [0.2, 0.25) is 0 Å². The van der Waals surface area contributed by atoms with Crippen molar-refractivity contribution in [3.05, 3.63) is 12.0 Å². The van der Waals surface area contributed by atoms with Gasteiger partial charge in [0.2, 0.25) is 10.0 Å². The lowest BCUT2D eigenvalue weighted by Crippen LogP contribution is -2.43. The largest absolute Gasteiger partial charge is 0.476 e. The third-order valence-corrected chi connectivity index (χ3v) is 5.68. The number of sulfonamides is 1. The lowest BCUT2D eigenvalue weighted by molar-refractivity contribution is 0.0690. The molecule has 1 aromatic rings. The molecule has 0 unspecified atom stereocenters. The van der Waals surface area contributed by atoms with Gasteiger partial charge in [-0.25, -0.2) is 17.5 Å². The van der Waals surface area contributed by atoms with Crippen LogP contribution < -0.4 is 5.32 Å². The number of carboxylic acid groups (broad SMARTS) is 1.